The van der Waals surface area contributed by atoms with Gasteiger partial charge in [-0.15, -0.1) is 0 Å². The largest absolute Gasteiger partial charge is 0.396 e. The topological polar surface area (TPSA) is 127 Å². The van der Waals surface area contributed by atoms with Gasteiger partial charge in [0.25, 0.3) is 0 Å². The molecule has 0 saturated heterocycles. The summed E-state index contributed by atoms with van der Waals surface area (Å²) in [7, 11) is 0. The van der Waals surface area contributed by atoms with E-state index in [2.05, 4.69) is 24.4 Å². The standard InChI is InChI=1S/C5H12O2.C5H8O2.C4H8N2S4.2Na/c2*6-4-2-1-3-5-7;5-3(7)9-1-2-10-4(6)8;;/h6-7H,1-5H2;4-5H,1-3H2;1-2H2,(H2,5,7)(H2,6,8);;. The summed E-state index contributed by atoms with van der Waals surface area (Å²) in [6.45, 7) is 0.500. The number of hydrogen-bond donors (Lipinski definition) is 4. The second-order valence-electron chi connectivity index (χ2n) is 4.11. The van der Waals surface area contributed by atoms with Crippen molar-refractivity contribution in [3.63, 3.8) is 0 Å². The summed E-state index contributed by atoms with van der Waals surface area (Å²) in [5, 5.41) is 16.4. The van der Waals surface area contributed by atoms with E-state index in [4.69, 9.17) is 21.7 Å². The summed E-state index contributed by atoms with van der Waals surface area (Å²) in [4.78, 5) is 19.1. The summed E-state index contributed by atoms with van der Waals surface area (Å²) in [5.74, 6) is 1.74. The number of carbonyl (C=O) groups excluding carboxylic acids is 2. The van der Waals surface area contributed by atoms with Gasteiger partial charge in [0.2, 0.25) is 0 Å². The van der Waals surface area contributed by atoms with E-state index in [1.807, 2.05) is 0 Å². The molecule has 0 atom stereocenters. The summed E-state index contributed by atoms with van der Waals surface area (Å²) in [6.07, 6.45) is 5.95. The van der Waals surface area contributed by atoms with Crippen LogP contribution in [0.5, 0.6) is 0 Å². The molecule has 0 aromatic carbocycles. The Balaban J connectivity index is -0.0000000836. The first-order valence-corrected chi connectivity index (χ1v) is 10.2. The summed E-state index contributed by atoms with van der Waals surface area (Å²) in [6, 6.07) is 0. The molecule has 0 fully saturated rings. The number of rotatable bonds is 11. The molecule has 26 heavy (non-hydrogen) atoms. The average Bonchev–Trinajstić information content (AvgIpc) is 2.54. The van der Waals surface area contributed by atoms with Crippen LogP contribution in [-0.2, 0) is 9.59 Å². The molecule has 0 amide bonds. The molecular formula is C14H28N2Na2O4S4. The Morgan fingerprint density at radius 3 is 1.35 bits per heavy atom. The quantitative estimate of drug-likeness (QED) is 0.152. The monoisotopic (exact) mass is 462 g/mol. The Hall–Kier alpha value is 1.74. The summed E-state index contributed by atoms with van der Waals surface area (Å²) in [5.41, 5.74) is 10.5. The average molecular weight is 463 g/mol. The van der Waals surface area contributed by atoms with Crippen LogP contribution in [0.25, 0.3) is 0 Å². The first-order valence-electron chi connectivity index (χ1n) is 7.39. The SMILES string of the molecule is NC(=S)SCCSC(N)=S.O=CCCCC=O.OCCCCCO.[Na].[Na]. The third-order valence-corrected chi connectivity index (χ3v) is 4.38. The van der Waals surface area contributed by atoms with Gasteiger partial charge in [-0.2, -0.15) is 0 Å². The molecule has 0 aliphatic rings. The zero-order chi connectivity index (χ0) is 19.1. The number of thioether (sulfide) groups is 2. The van der Waals surface area contributed by atoms with Gasteiger partial charge in [0, 0.05) is 96.7 Å². The Bertz CT molecular complexity index is 303. The fourth-order valence-corrected chi connectivity index (χ4v) is 2.54. The number of nitrogens with two attached hydrogens (primary N) is 2. The third-order valence-electron chi connectivity index (χ3n) is 2.03. The van der Waals surface area contributed by atoms with E-state index < -0.39 is 0 Å². The van der Waals surface area contributed by atoms with E-state index in [-0.39, 0.29) is 72.3 Å². The summed E-state index contributed by atoms with van der Waals surface area (Å²) >= 11 is 12.2. The molecule has 12 heteroatoms. The van der Waals surface area contributed by atoms with Gasteiger partial charge >= 0.3 is 0 Å². The fraction of sp³-hybridized carbons (Fsp3) is 0.714. The Kier molecular flexibility index (Phi) is 55.3. The Morgan fingerprint density at radius 2 is 1.12 bits per heavy atom. The van der Waals surface area contributed by atoms with Gasteiger partial charge in [-0.1, -0.05) is 48.0 Å². The van der Waals surface area contributed by atoms with Crippen molar-refractivity contribution in [2.24, 2.45) is 11.5 Å². The second kappa shape index (κ2) is 37.5. The van der Waals surface area contributed by atoms with Crippen LogP contribution in [0.4, 0.5) is 0 Å². The number of unbranched alkanes of at least 4 members (excludes halogenated alkanes) is 4. The molecule has 0 bridgehead atoms. The minimum Gasteiger partial charge on any atom is -0.396 e. The number of aliphatic hydroxyl groups is 2. The van der Waals surface area contributed by atoms with E-state index in [1.54, 1.807) is 0 Å². The van der Waals surface area contributed by atoms with Crippen LogP contribution in [0.15, 0.2) is 0 Å². The molecule has 144 valence electrons. The van der Waals surface area contributed by atoms with Crippen LogP contribution >= 0.6 is 48.0 Å². The first-order chi connectivity index (χ1) is 11.5. The number of thiocarbonyl (C=S) groups is 2. The van der Waals surface area contributed by atoms with E-state index in [0.29, 0.717) is 27.9 Å². The van der Waals surface area contributed by atoms with Gasteiger partial charge in [-0.25, -0.2) is 0 Å². The molecule has 6 N–H and O–H groups in total. The van der Waals surface area contributed by atoms with Crippen molar-refractivity contribution < 1.29 is 19.8 Å². The van der Waals surface area contributed by atoms with Crippen molar-refractivity contribution in [2.45, 2.75) is 38.5 Å². The van der Waals surface area contributed by atoms with Crippen molar-refractivity contribution in [3.05, 3.63) is 0 Å². The molecule has 0 heterocycles. The van der Waals surface area contributed by atoms with Gasteiger partial charge in [0.1, 0.15) is 21.2 Å². The minimum absolute atomic E-state index is 0. The zero-order valence-corrected chi connectivity index (χ0v) is 23.0. The van der Waals surface area contributed by atoms with Crippen molar-refractivity contribution in [1.82, 2.24) is 0 Å². The van der Waals surface area contributed by atoms with Crippen LogP contribution < -0.4 is 11.5 Å². The number of aliphatic hydroxyl groups excluding tert-OH is 2. The van der Waals surface area contributed by atoms with E-state index in [1.165, 1.54) is 23.5 Å². The maximum Gasteiger partial charge on any atom is 0.131 e. The number of aldehydes is 2. The summed E-state index contributed by atoms with van der Waals surface area (Å²) < 4.78 is 0.951. The fourth-order valence-electron chi connectivity index (χ4n) is 0.969. The van der Waals surface area contributed by atoms with Crippen LogP contribution in [0, 0.1) is 0 Å². The van der Waals surface area contributed by atoms with Crippen LogP contribution in [0.1, 0.15) is 38.5 Å². The Morgan fingerprint density at radius 1 is 0.769 bits per heavy atom. The number of carbonyl (C=O) groups is 2. The van der Waals surface area contributed by atoms with Crippen LogP contribution in [0.3, 0.4) is 0 Å². The predicted octanol–water partition coefficient (Wildman–Crippen LogP) is 0.874. The van der Waals surface area contributed by atoms with Crippen molar-refractivity contribution in [1.29, 1.82) is 0 Å². The maximum atomic E-state index is 9.56. The molecule has 0 aromatic heterocycles. The first kappa shape index (κ1) is 38.4. The van der Waals surface area contributed by atoms with E-state index in [9.17, 15) is 9.59 Å². The number of hydrogen-bond acceptors (Lipinski definition) is 8. The van der Waals surface area contributed by atoms with Crippen LogP contribution in [-0.4, -0.2) is 115 Å². The molecule has 0 aliphatic heterocycles. The van der Waals surface area contributed by atoms with Gasteiger partial charge in [0.05, 0.1) is 0 Å². The molecule has 0 saturated carbocycles. The Labute approximate surface area is 220 Å². The van der Waals surface area contributed by atoms with Gasteiger partial charge < -0.3 is 31.3 Å². The zero-order valence-electron chi connectivity index (χ0n) is 15.7. The minimum atomic E-state index is 0. The van der Waals surface area contributed by atoms with E-state index in [0.717, 1.165) is 43.3 Å². The molecule has 0 rings (SSSR count). The van der Waals surface area contributed by atoms with Crippen LogP contribution in [0.2, 0.25) is 0 Å². The van der Waals surface area contributed by atoms with Crippen molar-refractivity contribution in [3.8, 4) is 0 Å². The normalized spacial score (nSPS) is 8.23. The molecule has 0 aromatic rings. The molecule has 6 nitrogen and oxygen atoms in total. The maximum absolute atomic E-state index is 9.56. The molecule has 0 spiro atoms. The second-order valence-corrected chi connectivity index (χ2v) is 7.78. The predicted molar refractivity (Wildman–Crippen MR) is 124 cm³/mol. The molecule has 0 unspecified atom stereocenters. The van der Waals surface area contributed by atoms with Gasteiger partial charge in [-0.05, 0) is 25.7 Å². The van der Waals surface area contributed by atoms with Crippen molar-refractivity contribution in [2.75, 3.05) is 24.7 Å². The van der Waals surface area contributed by atoms with Gasteiger partial charge in [-0.3, -0.25) is 0 Å². The smallest absolute Gasteiger partial charge is 0.131 e. The molecule has 2 radical (unpaired) electrons. The van der Waals surface area contributed by atoms with Crippen molar-refractivity contribution >= 4 is 128 Å². The molecular weight excluding hydrogens is 434 g/mol. The van der Waals surface area contributed by atoms with E-state index >= 15 is 0 Å². The molecule has 0 aliphatic carbocycles. The van der Waals surface area contributed by atoms with Gasteiger partial charge in [0.15, 0.2) is 0 Å². The third kappa shape index (κ3) is 56.2.